The Morgan fingerprint density at radius 2 is 1.93 bits per heavy atom. The molecule has 0 aliphatic carbocycles. The van der Waals surface area contributed by atoms with Crippen molar-refractivity contribution in [3.05, 3.63) is 71.8 Å². The van der Waals surface area contributed by atoms with Crippen LogP contribution in [0.15, 0.2) is 54.9 Å². The van der Waals surface area contributed by atoms with Crippen LogP contribution in [0.4, 0.5) is 10.3 Å². The number of nitrogens with zero attached hydrogens (tertiary/aromatic N) is 4. The molecule has 4 aromatic rings. The maximum absolute atomic E-state index is 15.3. The van der Waals surface area contributed by atoms with Gasteiger partial charge in [-0.15, -0.1) is 0 Å². The Hall–Kier alpha value is -3.71. The summed E-state index contributed by atoms with van der Waals surface area (Å²) in [5.41, 5.74) is 2.43. The topological polar surface area (TPSA) is 135 Å². The lowest BCUT2D eigenvalue weighted by atomic mass is 9.95. The largest absolute Gasteiger partial charge is 0.437 e. The third-order valence-corrected chi connectivity index (χ3v) is 8.82. The number of rotatable bonds is 7. The van der Waals surface area contributed by atoms with Gasteiger partial charge in [0.2, 0.25) is 11.8 Å². The Balaban J connectivity index is 1.38. The van der Waals surface area contributed by atoms with Crippen molar-refractivity contribution >= 4 is 26.9 Å². The Kier molecular flexibility index (Phi) is 7.56. The molecule has 2 aliphatic rings. The molecule has 214 valence electrons. The normalized spacial score (nSPS) is 19.9. The van der Waals surface area contributed by atoms with Crippen LogP contribution in [-0.4, -0.2) is 53.4 Å². The first kappa shape index (κ1) is 27.5. The molecule has 2 aliphatic heterocycles. The lowest BCUT2D eigenvalue weighted by Gasteiger charge is -2.24. The van der Waals surface area contributed by atoms with Gasteiger partial charge in [0.1, 0.15) is 11.6 Å². The number of hydrogen-bond acceptors (Lipinski definition) is 8. The van der Waals surface area contributed by atoms with E-state index in [4.69, 9.17) is 14.9 Å². The van der Waals surface area contributed by atoms with E-state index in [0.717, 1.165) is 31.5 Å². The average molecular weight is 578 g/mol. The lowest BCUT2D eigenvalue weighted by Crippen LogP contribution is -2.38. The molecular formula is C29H32FN7O3S. The second-order valence-corrected chi connectivity index (χ2v) is 12.0. The molecule has 41 heavy (non-hydrogen) atoms. The van der Waals surface area contributed by atoms with Gasteiger partial charge in [0, 0.05) is 42.5 Å². The number of benzene rings is 2. The summed E-state index contributed by atoms with van der Waals surface area (Å²) < 4.78 is 47.5. The third kappa shape index (κ3) is 5.60. The van der Waals surface area contributed by atoms with Crippen LogP contribution in [0.5, 0.6) is 11.6 Å². The molecule has 2 aromatic heterocycles. The first-order valence-electron chi connectivity index (χ1n) is 13.7. The van der Waals surface area contributed by atoms with Gasteiger partial charge in [0.05, 0.1) is 17.3 Å². The van der Waals surface area contributed by atoms with E-state index in [1.165, 1.54) is 10.4 Å². The highest BCUT2D eigenvalue weighted by Gasteiger charge is 2.36. The number of aryl methyl sites for hydroxylation is 1. The van der Waals surface area contributed by atoms with Crippen LogP contribution in [0.1, 0.15) is 42.9 Å². The number of nitrogens with two attached hydrogens (primary N) is 1. The molecule has 12 heteroatoms. The number of fused-ring (bicyclic) bond motifs is 1. The molecule has 2 saturated heterocycles. The molecule has 0 spiro atoms. The Labute approximate surface area is 238 Å². The van der Waals surface area contributed by atoms with E-state index in [9.17, 15) is 8.42 Å². The van der Waals surface area contributed by atoms with Crippen molar-refractivity contribution < 1.29 is 17.5 Å². The number of anilines is 1. The number of pyridine rings is 1. The second kappa shape index (κ2) is 11.3. The van der Waals surface area contributed by atoms with Crippen LogP contribution < -0.4 is 20.5 Å². The summed E-state index contributed by atoms with van der Waals surface area (Å²) in [7, 11) is -4.00. The van der Waals surface area contributed by atoms with Crippen LogP contribution >= 0.6 is 0 Å². The van der Waals surface area contributed by atoms with Gasteiger partial charge in [-0.05, 0) is 80.4 Å². The summed E-state index contributed by atoms with van der Waals surface area (Å²) in [4.78, 5) is 13.7. The summed E-state index contributed by atoms with van der Waals surface area (Å²) in [5, 5.41) is 13.5. The average Bonchev–Trinajstić information content (AvgIpc) is 3.46. The van der Waals surface area contributed by atoms with Crippen molar-refractivity contribution in [1.82, 2.24) is 24.6 Å². The fraction of sp³-hybridized carbons (Fsp3) is 0.345. The first-order chi connectivity index (χ1) is 19.8. The zero-order valence-corrected chi connectivity index (χ0v) is 23.5. The van der Waals surface area contributed by atoms with Crippen LogP contribution in [0.2, 0.25) is 0 Å². The fourth-order valence-corrected chi connectivity index (χ4v) is 6.74. The smallest absolute Gasteiger partial charge is 0.277 e. The van der Waals surface area contributed by atoms with Crippen LogP contribution in [0, 0.1) is 12.7 Å². The maximum atomic E-state index is 15.3. The van der Waals surface area contributed by atoms with E-state index in [-0.39, 0.29) is 12.6 Å². The van der Waals surface area contributed by atoms with E-state index in [1.54, 1.807) is 30.6 Å². The highest BCUT2D eigenvalue weighted by atomic mass is 32.2. The standard InChI is InChI=1S/C29H32FN7O3S/c1-18-8-9-20-21(10-11-23(30)26(20)25-7-4-16-37(25)41(31,38)39)27(18)40-28-22(6-3-14-33-28)24-12-15-34-29(36-24)35-19-5-2-13-32-17-19/h3,6,8-12,14-15,19,25,32H,2,4-5,7,13,16-17H2,1H3,(H2,31,38,39)(H,34,35,36)/t19-,25?/m0/s1. The van der Waals surface area contributed by atoms with E-state index in [0.29, 0.717) is 58.0 Å². The minimum Gasteiger partial charge on any atom is -0.437 e. The Morgan fingerprint density at radius 1 is 1.07 bits per heavy atom. The number of halogens is 1. The number of piperidine rings is 1. The summed E-state index contributed by atoms with van der Waals surface area (Å²) >= 11 is 0. The van der Waals surface area contributed by atoms with Crippen molar-refractivity contribution in [2.75, 3.05) is 25.0 Å². The van der Waals surface area contributed by atoms with Gasteiger partial charge in [-0.25, -0.2) is 24.5 Å². The monoisotopic (exact) mass is 577 g/mol. The van der Waals surface area contributed by atoms with Crippen LogP contribution in [0.25, 0.3) is 22.0 Å². The number of ether oxygens (including phenoxy) is 1. The molecule has 10 nitrogen and oxygen atoms in total. The third-order valence-electron chi connectivity index (χ3n) is 7.73. The van der Waals surface area contributed by atoms with Gasteiger partial charge in [0.15, 0.2) is 0 Å². The SMILES string of the molecule is Cc1ccc2c(C3CCCN3S(N)(=O)=O)c(F)ccc2c1Oc1ncccc1-c1ccnc(N[C@H]2CCCNC2)n1. The minimum absolute atomic E-state index is 0.249. The summed E-state index contributed by atoms with van der Waals surface area (Å²) in [6.45, 7) is 4.02. The van der Waals surface area contributed by atoms with Crippen molar-refractivity contribution in [2.24, 2.45) is 5.14 Å². The zero-order valence-electron chi connectivity index (χ0n) is 22.7. The molecule has 2 fully saturated rings. The van der Waals surface area contributed by atoms with E-state index >= 15 is 4.39 Å². The number of nitrogens with one attached hydrogen (secondary N) is 2. The van der Waals surface area contributed by atoms with Gasteiger partial charge in [0.25, 0.3) is 10.2 Å². The van der Waals surface area contributed by atoms with Gasteiger partial charge in [-0.2, -0.15) is 12.7 Å². The molecule has 0 saturated carbocycles. The predicted octanol–water partition coefficient (Wildman–Crippen LogP) is 4.44. The second-order valence-electron chi connectivity index (χ2n) is 10.5. The predicted molar refractivity (Wildman–Crippen MR) is 155 cm³/mol. The van der Waals surface area contributed by atoms with Crippen molar-refractivity contribution in [2.45, 2.75) is 44.7 Å². The van der Waals surface area contributed by atoms with Crippen molar-refractivity contribution in [1.29, 1.82) is 0 Å². The molecule has 6 rings (SSSR count). The van der Waals surface area contributed by atoms with E-state index < -0.39 is 22.1 Å². The molecule has 2 atom stereocenters. The summed E-state index contributed by atoms with van der Waals surface area (Å²) in [5.74, 6) is 0.888. The van der Waals surface area contributed by atoms with E-state index in [2.05, 4.69) is 20.6 Å². The quantitative estimate of drug-likeness (QED) is 0.294. The summed E-state index contributed by atoms with van der Waals surface area (Å²) in [6.07, 6.45) is 6.55. The number of aromatic nitrogens is 3. The highest BCUT2D eigenvalue weighted by Crippen LogP contribution is 2.43. The van der Waals surface area contributed by atoms with Gasteiger partial charge < -0.3 is 15.4 Å². The molecule has 4 N–H and O–H groups in total. The lowest BCUT2D eigenvalue weighted by molar-refractivity contribution is 0.389. The summed E-state index contributed by atoms with van der Waals surface area (Å²) in [6, 6.07) is 11.7. The van der Waals surface area contributed by atoms with Gasteiger partial charge in [-0.3, -0.25) is 0 Å². The highest BCUT2D eigenvalue weighted by molar-refractivity contribution is 7.86. The first-order valence-corrected chi connectivity index (χ1v) is 15.2. The Morgan fingerprint density at radius 3 is 2.73 bits per heavy atom. The molecule has 4 heterocycles. The van der Waals surface area contributed by atoms with Crippen molar-refractivity contribution in [3.8, 4) is 22.9 Å². The molecule has 1 unspecified atom stereocenters. The number of hydrogen-bond donors (Lipinski definition) is 3. The van der Waals surface area contributed by atoms with Crippen LogP contribution in [0.3, 0.4) is 0 Å². The van der Waals surface area contributed by atoms with Crippen LogP contribution in [-0.2, 0) is 10.2 Å². The minimum atomic E-state index is -4.00. The molecule has 0 amide bonds. The molecule has 0 radical (unpaired) electrons. The Bertz CT molecular complexity index is 1700. The van der Waals surface area contributed by atoms with Gasteiger partial charge >= 0.3 is 0 Å². The zero-order chi connectivity index (χ0) is 28.6. The van der Waals surface area contributed by atoms with E-state index in [1.807, 2.05) is 25.1 Å². The molecular weight excluding hydrogens is 545 g/mol. The fourth-order valence-electron chi connectivity index (χ4n) is 5.79. The molecule has 2 aromatic carbocycles. The van der Waals surface area contributed by atoms with Gasteiger partial charge in [-0.1, -0.05) is 12.1 Å². The maximum Gasteiger partial charge on any atom is 0.277 e. The molecule has 0 bridgehead atoms. The van der Waals surface area contributed by atoms with Crippen molar-refractivity contribution in [3.63, 3.8) is 0 Å².